The predicted molar refractivity (Wildman–Crippen MR) is 44.9 cm³/mol. The van der Waals surface area contributed by atoms with Crippen molar-refractivity contribution in [1.29, 1.82) is 0 Å². The summed E-state index contributed by atoms with van der Waals surface area (Å²) in [6.07, 6.45) is 0. The number of aryl methyl sites for hydroxylation is 1. The van der Waals surface area contributed by atoms with Crippen molar-refractivity contribution in [2.24, 2.45) is 0 Å². The highest BCUT2D eigenvalue weighted by Gasteiger charge is 2.08. The molecular weight excluding hydrogens is 157 g/mol. The molecule has 0 unspecified atom stereocenters. The van der Waals surface area contributed by atoms with Crippen molar-refractivity contribution < 1.29 is 14.1 Å². The van der Waals surface area contributed by atoms with E-state index >= 15 is 0 Å². The van der Waals surface area contributed by atoms with Gasteiger partial charge in [-0.2, -0.15) is 0 Å². The monoisotopic (exact) mass is 167 g/mol. The zero-order chi connectivity index (χ0) is 9.14. The highest BCUT2D eigenvalue weighted by atomic mass is 16.5. The Bertz CT molecular complexity index is 295. The summed E-state index contributed by atoms with van der Waals surface area (Å²) in [5.74, 6) is 0.297. The van der Waals surface area contributed by atoms with Gasteiger partial charge in [0.1, 0.15) is 7.85 Å². The lowest BCUT2D eigenvalue weighted by Crippen LogP contribution is -2.11. The Balaban J connectivity index is 2.63. The molecule has 12 heavy (non-hydrogen) atoms. The van der Waals surface area contributed by atoms with Crippen LogP contribution in [0.5, 0.6) is 0 Å². The van der Waals surface area contributed by atoms with Crippen LogP contribution in [0.25, 0.3) is 0 Å². The number of hydrogen-bond donors (Lipinski definition) is 0. The zero-order valence-corrected chi connectivity index (χ0v) is 7.38. The molecule has 0 aliphatic heterocycles. The molecule has 4 nitrogen and oxygen atoms in total. The summed E-state index contributed by atoms with van der Waals surface area (Å²) in [6.45, 7) is 3.37. The van der Waals surface area contributed by atoms with Crippen LogP contribution in [0.3, 0.4) is 0 Å². The second kappa shape index (κ2) is 3.43. The largest absolute Gasteiger partial charge is 0.458 e. The second-order valence-electron chi connectivity index (χ2n) is 2.60. The van der Waals surface area contributed by atoms with Gasteiger partial charge < -0.3 is 9.26 Å². The van der Waals surface area contributed by atoms with Crippen LogP contribution in [0.15, 0.2) is 4.52 Å². The number of esters is 1. The molecule has 0 amide bonds. The van der Waals surface area contributed by atoms with Gasteiger partial charge in [-0.15, -0.1) is 0 Å². The van der Waals surface area contributed by atoms with E-state index in [0.717, 1.165) is 11.2 Å². The minimum atomic E-state index is -0.316. The molecule has 0 aliphatic rings. The zero-order valence-electron chi connectivity index (χ0n) is 7.38. The summed E-state index contributed by atoms with van der Waals surface area (Å²) in [4.78, 5) is 10.5. The first kappa shape index (κ1) is 8.84. The maximum atomic E-state index is 10.5. The number of nitrogens with zero attached hydrogens (tertiary/aromatic N) is 1. The van der Waals surface area contributed by atoms with Crippen LogP contribution in [-0.2, 0) is 16.1 Å². The van der Waals surface area contributed by atoms with E-state index in [9.17, 15) is 4.79 Å². The van der Waals surface area contributed by atoms with E-state index in [1.165, 1.54) is 6.92 Å². The fraction of sp³-hybridized carbons (Fsp3) is 0.429. The van der Waals surface area contributed by atoms with Gasteiger partial charge in [-0.3, -0.25) is 4.79 Å². The molecule has 1 heterocycles. The van der Waals surface area contributed by atoms with Gasteiger partial charge in [0.2, 0.25) is 0 Å². The standard InChI is InChI=1S/C7H10BNO3/c1-4-7(8)6(12-9-4)3-11-5(2)10/h3,8H2,1-2H3. The molecule has 0 aliphatic carbocycles. The van der Waals surface area contributed by atoms with Gasteiger partial charge in [0.25, 0.3) is 0 Å². The highest BCUT2D eigenvalue weighted by Crippen LogP contribution is 1.99. The van der Waals surface area contributed by atoms with E-state index in [-0.39, 0.29) is 12.6 Å². The van der Waals surface area contributed by atoms with Crippen LogP contribution >= 0.6 is 0 Å². The van der Waals surface area contributed by atoms with Gasteiger partial charge in [-0.25, -0.2) is 0 Å². The van der Waals surface area contributed by atoms with Crippen molar-refractivity contribution in [2.75, 3.05) is 0 Å². The number of ether oxygens (including phenoxy) is 1. The maximum Gasteiger partial charge on any atom is 0.303 e. The van der Waals surface area contributed by atoms with Gasteiger partial charge in [-0.05, 0) is 12.4 Å². The van der Waals surface area contributed by atoms with Crippen LogP contribution < -0.4 is 5.46 Å². The van der Waals surface area contributed by atoms with Gasteiger partial charge >= 0.3 is 5.97 Å². The fourth-order valence-corrected chi connectivity index (χ4v) is 0.764. The molecule has 0 N–H and O–H groups in total. The molecular formula is C7H10BNO3. The van der Waals surface area contributed by atoms with Crippen LogP contribution in [0.4, 0.5) is 0 Å². The molecule has 0 aromatic carbocycles. The van der Waals surface area contributed by atoms with Crippen LogP contribution in [-0.4, -0.2) is 19.0 Å². The van der Waals surface area contributed by atoms with Crippen LogP contribution in [0.1, 0.15) is 18.4 Å². The molecule has 0 saturated carbocycles. The van der Waals surface area contributed by atoms with E-state index in [0.29, 0.717) is 5.76 Å². The van der Waals surface area contributed by atoms with Crippen molar-refractivity contribution in [1.82, 2.24) is 5.16 Å². The Kier molecular flexibility index (Phi) is 2.52. The van der Waals surface area contributed by atoms with Crippen LogP contribution in [0, 0.1) is 6.92 Å². The van der Waals surface area contributed by atoms with Crippen molar-refractivity contribution >= 4 is 19.3 Å². The van der Waals surface area contributed by atoms with Crippen molar-refractivity contribution in [3.8, 4) is 0 Å². The number of aromatic nitrogens is 1. The number of carbonyl (C=O) groups is 1. The van der Waals surface area contributed by atoms with Gasteiger partial charge in [0.15, 0.2) is 12.4 Å². The van der Waals surface area contributed by atoms with Gasteiger partial charge in [-0.1, -0.05) is 5.16 Å². The molecule has 0 spiro atoms. The normalized spacial score (nSPS) is 9.83. The third-order valence-corrected chi connectivity index (χ3v) is 1.66. The SMILES string of the molecule is Bc1c(C)noc1COC(C)=O. The Labute approximate surface area is 71.3 Å². The molecule has 1 rings (SSSR count). The minimum Gasteiger partial charge on any atom is -0.458 e. The molecule has 0 atom stereocenters. The van der Waals surface area contributed by atoms with E-state index in [4.69, 9.17) is 9.26 Å². The van der Waals surface area contributed by atoms with E-state index < -0.39 is 0 Å². The Morgan fingerprint density at radius 2 is 2.42 bits per heavy atom. The van der Waals surface area contributed by atoms with Crippen molar-refractivity contribution in [2.45, 2.75) is 20.5 Å². The maximum absolute atomic E-state index is 10.5. The topological polar surface area (TPSA) is 52.3 Å². The summed E-state index contributed by atoms with van der Waals surface area (Å²) in [6, 6.07) is 0. The molecule has 0 bridgehead atoms. The lowest BCUT2D eigenvalue weighted by atomic mass is 9.94. The first-order valence-corrected chi connectivity index (χ1v) is 3.66. The summed E-state index contributed by atoms with van der Waals surface area (Å²) >= 11 is 0. The lowest BCUT2D eigenvalue weighted by Gasteiger charge is -1.97. The third kappa shape index (κ3) is 1.87. The first-order chi connectivity index (χ1) is 5.61. The molecule has 1 aromatic heterocycles. The smallest absolute Gasteiger partial charge is 0.303 e. The molecule has 1 aromatic rings. The van der Waals surface area contributed by atoms with E-state index in [1.54, 1.807) is 0 Å². The molecule has 0 saturated heterocycles. The van der Waals surface area contributed by atoms with Gasteiger partial charge in [0.05, 0.1) is 5.69 Å². The Morgan fingerprint density at radius 1 is 1.75 bits per heavy atom. The minimum absolute atomic E-state index is 0.169. The average Bonchev–Trinajstić information content (AvgIpc) is 2.30. The summed E-state index contributed by atoms with van der Waals surface area (Å²) in [5.41, 5.74) is 1.77. The molecule has 0 radical (unpaired) electrons. The Hall–Kier alpha value is -1.26. The Morgan fingerprint density at radius 3 is 2.83 bits per heavy atom. The van der Waals surface area contributed by atoms with E-state index in [2.05, 4.69) is 5.16 Å². The van der Waals surface area contributed by atoms with Crippen molar-refractivity contribution in [3.63, 3.8) is 0 Å². The van der Waals surface area contributed by atoms with Crippen LogP contribution in [0.2, 0.25) is 0 Å². The number of hydrogen-bond acceptors (Lipinski definition) is 4. The van der Waals surface area contributed by atoms with Crippen molar-refractivity contribution in [3.05, 3.63) is 11.5 Å². The molecule has 5 heteroatoms. The number of carbonyl (C=O) groups excluding carboxylic acids is 1. The summed E-state index contributed by atoms with van der Waals surface area (Å²) in [5, 5.41) is 3.73. The quantitative estimate of drug-likeness (QED) is 0.431. The molecule has 64 valence electrons. The third-order valence-electron chi connectivity index (χ3n) is 1.66. The predicted octanol–water partition coefficient (Wildman–Crippen LogP) is -0.695. The first-order valence-electron chi connectivity index (χ1n) is 3.66. The lowest BCUT2D eigenvalue weighted by molar-refractivity contribution is -0.142. The van der Waals surface area contributed by atoms with E-state index in [1.807, 2.05) is 14.8 Å². The molecule has 0 fully saturated rings. The fourth-order valence-electron chi connectivity index (χ4n) is 0.764. The summed E-state index contributed by atoms with van der Waals surface area (Å²) < 4.78 is 9.67. The second-order valence-corrected chi connectivity index (χ2v) is 2.60. The average molecular weight is 167 g/mol. The summed E-state index contributed by atoms with van der Waals surface area (Å²) in [7, 11) is 1.88. The van der Waals surface area contributed by atoms with Gasteiger partial charge in [0, 0.05) is 6.92 Å². The number of rotatable bonds is 2. The highest BCUT2D eigenvalue weighted by molar-refractivity contribution is 6.33.